The maximum absolute atomic E-state index is 11.0. The van der Waals surface area contributed by atoms with Crippen molar-refractivity contribution in [3.63, 3.8) is 0 Å². The number of hydrogen-bond acceptors (Lipinski definition) is 3. The predicted octanol–water partition coefficient (Wildman–Crippen LogP) is 1.96. The summed E-state index contributed by atoms with van der Waals surface area (Å²) in [6, 6.07) is -0.224. The summed E-state index contributed by atoms with van der Waals surface area (Å²) in [5.41, 5.74) is 0.0244. The molecule has 0 bridgehead atoms. The molecule has 1 rings (SSSR count). The van der Waals surface area contributed by atoms with Crippen molar-refractivity contribution in [3.8, 4) is 0 Å². The molecule has 1 fully saturated rings. The molecule has 16 heavy (non-hydrogen) atoms. The molecule has 2 unspecified atom stereocenters. The summed E-state index contributed by atoms with van der Waals surface area (Å²) in [5, 5.41) is 2.60. The van der Waals surface area contributed by atoms with E-state index in [0.29, 0.717) is 0 Å². The molecule has 0 saturated heterocycles. The Hall–Kier alpha value is -0.130. The highest BCUT2D eigenvalue weighted by Crippen LogP contribution is 2.28. The van der Waals surface area contributed by atoms with Crippen molar-refractivity contribution in [3.05, 3.63) is 0 Å². The van der Waals surface area contributed by atoms with Crippen molar-refractivity contribution >= 4 is 10.1 Å². The molecule has 0 aliphatic heterocycles. The number of rotatable bonds is 4. The molecule has 0 spiro atoms. The second-order valence-electron chi connectivity index (χ2n) is 5.27. The van der Waals surface area contributed by atoms with Gasteiger partial charge in [-0.3, -0.25) is 4.55 Å². The molecule has 0 heterocycles. The average Bonchev–Trinajstić information content (AvgIpc) is 2.15. The molecule has 1 aliphatic carbocycles. The Bertz CT molecular complexity index is 320. The average molecular weight is 249 g/mol. The van der Waals surface area contributed by atoms with Gasteiger partial charge in [-0.2, -0.15) is 8.42 Å². The maximum atomic E-state index is 11.0. The van der Waals surface area contributed by atoms with E-state index in [9.17, 15) is 8.42 Å². The fourth-order valence-corrected chi connectivity index (χ4v) is 2.99. The third-order valence-corrected chi connectivity index (χ3v) is 5.06. The standard InChI is InChI=1S/C11H23NO3S/c1-9(10(2)16(13,14)15)12-11(3)7-5-4-6-8-11/h9-10,12H,4-8H2,1-3H3,(H,13,14,15). The van der Waals surface area contributed by atoms with Crippen LogP contribution in [0.3, 0.4) is 0 Å². The van der Waals surface area contributed by atoms with Gasteiger partial charge in [0.15, 0.2) is 0 Å². The first kappa shape index (κ1) is 13.9. The van der Waals surface area contributed by atoms with Gasteiger partial charge in [-0.05, 0) is 33.6 Å². The minimum Gasteiger partial charge on any atom is -0.308 e. The van der Waals surface area contributed by atoms with Crippen molar-refractivity contribution in [2.24, 2.45) is 0 Å². The SMILES string of the molecule is CC(NC1(C)CCCCC1)C(C)S(=O)(=O)O. The normalized spacial score (nSPS) is 25.0. The monoisotopic (exact) mass is 249 g/mol. The van der Waals surface area contributed by atoms with E-state index in [4.69, 9.17) is 4.55 Å². The first-order chi connectivity index (χ1) is 7.25. The Morgan fingerprint density at radius 2 is 1.69 bits per heavy atom. The fourth-order valence-electron chi connectivity index (χ4n) is 2.40. The number of nitrogens with one attached hydrogen (secondary N) is 1. The zero-order chi connectivity index (χ0) is 12.4. The van der Waals surface area contributed by atoms with Gasteiger partial charge in [-0.1, -0.05) is 19.3 Å². The Labute approximate surface area is 98.6 Å². The van der Waals surface area contributed by atoms with Gasteiger partial charge in [0, 0.05) is 11.6 Å². The van der Waals surface area contributed by atoms with E-state index in [-0.39, 0.29) is 11.6 Å². The molecule has 0 aromatic heterocycles. The van der Waals surface area contributed by atoms with Crippen LogP contribution in [0.4, 0.5) is 0 Å². The third kappa shape index (κ3) is 3.71. The molecule has 1 aliphatic rings. The minimum atomic E-state index is -3.94. The second kappa shape index (κ2) is 5.02. The second-order valence-corrected chi connectivity index (χ2v) is 7.05. The molecule has 2 N–H and O–H groups in total. The smallest absolute Gasteiger partial charge is 0.269 e. The zero-order valence-corrected chi connectivity index (χ0v) is 11.2. The summed E-state index contributed by atoms with van der Waals surface area (Å²) in [6.07, 6.45) is 5.80. The summed E-state index contributed by atoms with van der Waals surface area (Å²) in [4.78, 5) is 0. The van der Waals surface area contributed by atoms with Gasteiger partial charge in [0.25, 0.3) is 10.1 Å². The van der Waals surface area contributed by atoms with Crippen LogP contribution < -0.4 is 5.32 Å². The van der Waals surface area contributed by atoms with Gasteiger partial charge in [0.05, 0.1) is 5.25 Å². The van der Waals surface area contributed by atoms with Crippen LogP contribution in [0, 0.1) is 0 Å². The van der Waals surface area contributed by atoms with Gasteiger partial charge in [0.2, 0.25) is 0 Å². The minimum absolute atomic E-state index is 0.0244. The number of hydrogen-bond donors (Lipinski definition) is 2. The summed E-state index contributed by atoms with van der Waals surface area (Å²) < 4.78 is 31.1. The molecule has 0 radical (unpaired) electrons. The third-order valence-electron chi connectivity index (χ3n) is 3.71. The first-order valence-electron chi connectivity index (χ1n) is 5.99. The molecule has 1 saturated carbocycles. The highest BCUT2D eigenvalue weighted by atomic mass is 32.2. The Balaban J connectivity index is 2.59. The summed E-state index contributed by atoms with van der Waals surface area (Å²) >= 11 is 0. The van der Waals surface area contributed by atoms with Crippen LogP contribution in [0.15, 0.2) is 0 Å². The van der Waals surface area contributed by atoms with Crippen LogP contribution in [0.5, 0.6) is 0 Å². The summed E-state index contributed by atoms with van der Waals surface area (Å²) in [6.45, 7) is 5.50. The van der Waals surface area contributed by atoms with E-state index in [1.165, 1.54) is 19.3 Å². The van der Waals surface area contributed by atoms with Crippen LogP contribution in [0.2, 0.25) is 0 Å². The van der Waals surface area contributed by atoms with Gasteiger partial charge < -0.3 is 5.32 Å². The van der Waals surface area contributed by atoms with Crippen LogP contribution >= 0.6 is 0 Å². The zero-order valence-electron chi connectivity index (χ0n) is 10.4. The van der Waals surface area contributed by atoms with Gasteiger partial charge in [-0.25, -0.2) is 0 Å². The van der Waals surface area contributed by atoms with Crippen molar-refractivity contribution in [1.82, 2.24) is 5.32 Å². The molecule has 0 amide bonds. The topological polar surface area (TPSA) is 66.4 Å². The quantitative estimate of drug-likeness (QED) is 0.748. The summed E-state index contributed by atoms with van der Waals surface area (Å²) in [5.74, 6) is 0. The molecule has 96 valence electrons. The van der Waals surface area contributed by atoms with Gasteiger partial charge in [-0.15, -0.1) is 0 Å². The van der Waals surface area contributed by atoms with Gasteiger partial charge >= 0.3 is 0 Å². The molecule has 2 atom stereocenters. The summed E-state index contributed by atoms with van der Waals surface area (Å²) in [7, 11) is -3.94. The lowest BCUT2D eigenvalue weighted by Gasteiger charge is -2.38. The fraction of sp³-hybridized carbons (Fsp3) is 1.00. The highest BCUT2D eigenvalue weighted by Gasteiger charge is 2.32. The van der Waals surface area contributed by atoms with Crippen LogP contribution in [0.1, 0.15) is 52.9 Å². The predicted molar refractivity (Wildman–Crippen MR) is 65.1 cm³/mol. The highest BCUT2D eigenvalue weighted by molar-refractivity contribution is 7.86. The molecule has 5 heteroatoms. The van der Waals surface area contributed by atoms with Crippen LogP contribution in [-0.2, 0) is 10.1 Å². The van der Waals surface area contributed by atoms with Crippen molar-refractivity contribution in [2.75, 3.05) is 0 Å². The van der Waals surface area contributed by atoms with Crippen molar-refractivity contribution in [1.29, 1.82) is 0 Å². The Morgan fingerprint density at radius 3 is 2.12 bits per heavy atom. The van der Waals surface area contributed by atoms with Crippen molar-refractivity contribution in [2.45, 2.75) is 69.7 Å². The van der Waals surface area contributed by atoms with Crippen LogP contribution in [0.25, 0.3) is 0 Å². The molecular weight excluding hydrogens is 226 g/mol. The van der Waals surface area contributed by atoms with E-state index in [0.717, 1.165) is 12.8 Å². The van der Waals surface area contributed by atoms with Crippen LogP contribution in [-0.4, -0.2) is 29.8 Å². The maximum Gasteiger partial charge on any atom is 0.269 e. The lowest BCUT2D eigenvalue weighted by atomic mass is 9.83. The van der Waals surface area contributed by atoms with E-state index in [1.807, 2.05) is 6.92 Å². The lowest BCUT2D eigenvalue weighted by Crippen LogP contribution is -2.53. The van der Waals surface area contributed by atoms with Crippen molar-refractivity contribution < 1.29 is 13.0 Å². The van der Waals surface area contributed by atoms with Gasteiger partial charge in [0.1, 0.15) is 0 Å². The first-order valence-corrected chi connectivity index (χ1v) is 7.49. The molecular formula is C11H23NO3S. The lowest BCUT2D eigenvalue weighted by molar-refractivity contribution is 0.229. The van der Waals surface area contributed by atoms with E-state index < -0.39 is 15.4 Å². The van der Waals surface area contributed by atoms with E-state index >= 15 is 0 Å². The Kier molecular flexibility index (Phi) is 4.37. The molecule has 4 nitrogen and oxygen atoms in total. The Morgan fingerprint density at radius 1 is 1.19 bits per heavy atom. The molecule has 0 aromatic carbocycles. The largest absolute Gasteiger partial charge is 0.308 e. The van der Waals surface area contributed by atoms with E-state index in [1.54, 1.807) is 6.92 Å². The molecule has 0 aromatic rings. The van der Waals surface area contributed by atoms with E-state index in [2.05, 4.69) is 12.2 Å².